The molecule has 1 aromatic rings. The molecule has 4 nitrogen and oxygen atoms in total. The molecular formula is C14H19Br3N2O2. The van der Waals surface area contributed by atoms with Crippen LogP contribution in [0.15, 0.2) is 25.6 Å². The minimum Gasteiger partial charge on any atom is -0.396 e. The van der Waals surface area contributed by atoms with E-state index >= 15 is 0 Å². The first-order valence-corrected chi connectivity index (χ1v) is 9.02. The van der Waals surface area contributed by atoms with E-state index < -0.39 is 0 Å². The molecular weight excluding hydrogens is 468 g/mol. The number of hydrogen-bond donors (Lipinski definition) is 2. The van der Waals surface area contributed by atoms with E-state index in [0.29, 0.717) is 25.2 Å². The molecule has 21 heavy (non-hydrogen) atoms. The lowest BCUT2D eigenvalue weighted by molar-refractivity contribution is -0.117. The number of rotatable bonds is 7. The van der Waals surface area contributed by atoms with E-state index in [9.17, 15) is 4.79 Å². The Bertz CT molecular complexity index is 472. The van der Waals surface area contributed by atoms with E-state index in [1.165, 1.54) is 0 Å². The quantitative estimate of drug-likeness (QED) is 0.612. The maximum atomic E-state index is 12.2. The van der Waals surface area contributed by atoms with Crippen LogP contribution in [0, 0.1) is 0 Å². The van der Waals surface area contributed by atoms with Crippen LogP contribution in [0.1, 0.15) is 20.3 Å². The monoisotopic (exact) mass is 484 g/mol. The zero-order valence-corrected chi connectivity index (χ0v) is 16.8. The summed E-state index contributed by atoms with van der Waals surface area (Å²) in [6.45, 7) is 5.21. The average Bonchev–Trinajstić information content (AvgIpc) is 2.38. The number of anilines is 1. The molecule has 0 unspecified atom stereocenters. The molecule has 0 bridgehead atoms. The lowest BCUT2D eigenvalue weighted by atomic mass is 10.2. The Morgan fingerprint density at radius 3 is 2.33 bits per heavy atom. The van der Waals surface area contributed by atoms with E-state index in [1.54, 1.807) is 0 Å². The predicted molar refractivity (Wildman–Crippen MR) is 96.6 cm³/mol. The van der Waals surface area contributed by atoms with Crippen LogP contribution < -0.4 is 5.32 Å². The summed E-state index contributed by atoms with van der Waals surface area (Å²) in [6, 6.07) is 4.01. The first-order valence-electron chi connectivity index (χ1n) is 6.64. The second-order valence-corrected chi connectivity index (χ2v) is 7.56. The lowest BCUT2D eigenvalue weighted by Gasteiger charge is -2.25. The normalized spacial score (nSPS) is 11.2. The smallest absolute Gasteiger partial charge is 0.238 e. The molecule has 0 aliphatic heterocycles. The number of amides is 1. The zero-order chi connectivity index (χ0) is 16.0. The predicted octanol–water partition coefficient (Wildman–Crippen LogP) is 4.01. The molecule has 0 saturated heterocycles. The highest BCUT2D eigenvalue weighted by Crippen LogP contribution is 2.34. The average molecular weight is 487 g/mol. The second-order valence-electron chi connectivity index (χ2n) is 4.93. The highest BCUT2D eigenvalue weighted by atomic mass is 79.9. The molecule has 7 heteroatoms. The van der Waals surface area contributed by atoms with Crippen molar-refractivity contribution in [3.63, 3.8) is 0 Å². The van der Waals surface area contributed by atoms with Gasteiger partial charge in [-0.1, -0.05) is 15.9 Å². The maximum Gasteiger partial charge on any atom is 0.238 e. The van der Waals surface area contributed by atoms with Crippen molar-refractivity contribution in [3.8, 4) is 0 Å². The summed E-state index contributed by atoms with van der Waals surface area (Å²) in [7, 11) is 0. The van der Waals surface area contributed by atoms with Crippen molar-refractivity contribution in [3.05, 3.63) is 25.6 Å². The van der Waals surface area contributed by atoms with E-state index in [-0.39, 0.29) is 18.6 Å². The first kappa shape index (κ1) is 19.1. The first-order chi connectivity index (χ1) is 9.85. The molecule has 0 spiro atoms. The molecule has 0 aromatic heterocycles. The number of carbonyl (C=O) groups excluding carboxylic acids is 1. The molecule has 0 aliphatic rings. The van der Waals surface area contributed by atoms with Crippen molar-refractivity contribution in [1.82, 2.24) is 4.90 Å². The molecule has 1 aromatic carbocycles. The van der Waals surface area contributed by atoms with Crippen molar-refractivity contribution >= 4 is 59.4 Å². The number of benzene rings is 1. The van der Waals surface area contributed by atoms with E-state index in [1.807, 2.05) is 30.9 Å². The Hall–Kier alpha value is 0.0500. The summed E-state index contributed by atoms with van der Waals surface area (Å²) < 4.78 is 2.54. The Kier molecular flexibility index (Phi) is 8.41. The van der Waals surface area contributed by atoms with Crippen LogP contribution in [0.5, 0.6) is 0 Å². The topological polar surface area (TPSA) is 52.6 Å². The summed E-state index contributed by atoms with van der Waals surface area (Å²) in [6.07, 6.45) is 0.664. The maximum absolute atomic E-state index is 12.2. The van der Waals surface area contributed by atoms with Crippen LogP contribution in [-0.4, -0.2) is 41.7 Å². The van der Waals surface area contributed by atoms with Crippen LogP contribution >= 0.6 is 47.8 Å². The fourth-order valence-corrected chi connectivity index (χ4v) is 4.28. The van der Waals surface area contributed by atoms with Crippen LogP contribution in [0.2, 0.25) is 0 Å². The Morgan fingerprint density at radius 2 is 1.86 bits per heavy atom. The van der Waals surface area contributed by atoms with Gasteiger partial charge in [-0.15, -0.1) is 0 Å². The summed E-state index contributed by atoms with van der Waals surface area (Å²) in [5, 5.41) is 11.8. The van der Waals surface area contributed by atoms with Crippen LogP contribution in [-0.2, 0) is 4.79 Å². The van der Waals surface area contributed by atoms with Crippen molar-refractivity contribution in [2.24, 2.45) is 0 Å². The van der Waals surface area contributed by atoms with E-state index in [4.69, 9.17) is 5.11 Å². The number of nitrogens with zero attached hydrogens (tertiary/aromatic N) is 1. The van der Waals surface area contributed by atoms with Crippen molar-refractivity contribution < 1.29 is 9.90 Å². The number of nitrogens with one attached hydrogen (secondary N) is 1. The zero-order valence-electron chi connectivity index (χ0n) is 12.0. The highest BCUT2D eigenvalue weighted by molar-refractivity contribution is 9.11. The van der Waals surface area contributed by atoms with Gasteiger partial charge in [0.1, 0.15) is 0 Å². The molecule has 0 heterocycles. The van der Waals surface area contributed by atoms with E-state index in [0.717, 1.165) is 13.4 Å². The molecule has 0 radical (unpaired) electrons. The third-order valence-electron chi connectivity index (χ3n) is 2.95. The SMILES string of the molecule is CC(C)N(CCCO)CC(=O)Nc1c(Br)cc(Br)cc1Br. The fourth-order valence-electron chi connectivity index (χ4n) is 1.82. The van der Waals surface area contributed by atoms with Crippen molar-refractivity contribution in [2.45, 2.75) is 26.3 Å². The summed E-state index contributed by atoms with van der Waals surface area (Å²) >= 11 is 10.3. The van der Waals surface area contributed by atoms with Crippen molar-refractivity contribution in [2.75, 3.05) is 25.0 Å². The number of halogens is 3. The molecule has 1 amide bonds. The van der Waals surface area contributed by atoms with Crippen LogP contribution in [0.3, 0.4) is 0 Å². The Labute approximate surface area is 150 Å². The molecule has 2 N–H and O–H groups in total. The minimum atomic E-state index is -0.0784. The van der Waals surface area contributed by atoms with Gasteiger partial charge in [-0.25, -0.2) is 0 Å². The number of hydrogen-bond acceptors (Lipinski definition) is 3. The minimum absolute atomic E-state index is 0.0784. The number of carbonyl (C=O) groups is 1. The second kappa shape index (κ2) is 9.25. The lowest BCUT2D eigenvalue weighted by Crippen LogP contribution is -2.39. The van der Waals surface area contributed by atoms with Gasteiger partial charge in [-0.05, 0) is 64.3 Å². The molecule has 118 valence electrons. The van der Waals surface area contributed by atoms with Gasteiger partial charge in [0.25, 0.3) is 0 Å². The largest absolute Gasteiger partial charge is 0.396 e. The molecule has 0 atom stereocenters. The Morgan fingerprint density at radius 1 is 1.29 bits per heavy atom. The summed E-state index contributed by atoms with van der Waals surface area (Å²) in [5.74, 6) is -0.0784. The third-order valence-corrected chi connectivity index (χ3v) is 4.66. The fraction of sp³-hybridized carbons (Fsp3) is 0.500. The van der Waals surface area contributed by atoms with Gasteiger partial charge in [0.2, 0.25) is 5.91 Å². The van der Waals surface area contributed by atoms with Crippen LogP contribution in [0.4, 0.5) is 5.69 Å². The molecule has 0 aliphatic carbocycles. The van der Waals surface area contributed by atoms with Gasteiger partial charge >= 0.3 is 0 Å². The summed E-state index contributed by atoms with van der Waals surface area (Å²) in [4.78, 5) is 14.2. The summed E-state index contributed by atoms with van der Waals surface area (Å²) in [5.41, 5.74) is 0.717. The standard InChI is InChI=1S/C14H19Br3N2O2/c1-9(2)19(4-3-5-20)8-13(21)18-14-11(16)6-10(15)7-12(14)17/h6-7,9,20H,3-5,8H2,1-2H3,(H,18,21). The van der Waals surface area contributed by atoms with Gasteiger partial charge in [-0.3, -0.25) is 9.69 Å². The van der Waals surface area contributed by atoms with Crippen molar-refractivity contribution in [1.29, 1.82) is 0 Å². The van der Waals surface area contributed by atoms with Gasteiger partial charge in [-0.2, -0.15) is 0 Å². The molecule has 1 rings (SSSR count). The number of aliphatic hydroxyl groups is 1. The van der Waals surface area contributed by atoms with E-state index in [2.05, 4.69) is 53.1 Å². The van der Waals surface area contributed by atoms with Gasteiger partial charge < -0.3 is 10.4 Å². The van der Waals surface area contributed by atoms with Gasteiger partial charge in [0.05, 0.1) is 12.2 Å². The third kappa shape index (κ3) is 6.36. The Balaban J connectivity index is 2.72. The number of aliphatic hydroxyl groups excluding tert-OH is 1. The van der Waals surface area contributed by atoms with Crippen LogP contribution in [0.25, 0.3) is 0 Å². The van der Waals surface area contributed by atoms with Gasteiger partial charge in [0.15, 0.2) is 0 Å². The highest BCUT2D eigenvalue weighted by Gasteiger charge is 2.16. The molecule has 0 saturated carbocycles. The molecule has 0 fully saturated rings. The van der Waals surface area contributed by atoms with Gasteiger partial charge in [0, 0.05) is 32.6 Å².